The molecule has 0 spiro atoms. The van der Waals surface area contributed by atoms with Gasteiger partial charge in [-0.1, -0.05) is 11.6 Å². The number of anilines is 1. The van der Waals surface area contributed by atoms with Crippen molar-refractivity contribution in [2.75, 3.05) is 18.0 Å². The molecule has 112 valence electrons. The minimum absolute atomic E-state index is 0.0639. The van der Waals surface area contributed by atoms with Gasteiger partial charge in [0.15, 0.2) is 0 Å². The molecular formula is C16H15ClN4O. The van der Waals surface area contributed by atoms with Crippen molar-refractivity contribution in [3.63, 3.8) is 0 Å². The lowest BCUT2D eigenvalue weighted by molar-refractivity contribution is -0.122. The van der Waals surface area contributed by atoms with Gasteiger partial charge in [-0.25, -0.2) is 4.98 Å². The molecule has 1 aromatic heterocycles. The molecule has 1 aliphatic rings. The Balaban J connectivity index is 1.94. The van der Waals surface area contributed by atoms with Gasteiger partial charge in [-0.05, 0) is 37.1 Å². The number of hydrogen-bond donors (Lipinski definition) is 1. The third-order valence-corrected chi connectivity index (χ3v) is 4.33. The number of primary amides is 1. The van der Waals surface area contributed by atoms with Crippen molar-refractivity contribution in [1.82, 2.24) is 4.98 Å². The second-order valence-corrected chi connectivity index (χ2v) is 5.90. The molecule has 1 aliphatic heterocycles. The number of nitrogens with two attached hydrogens (primary N) is 1. The maximum Gasteiger partial charge on any atom is 0.220 e. The molecule has 1 fully saturated rings. The van der Waals surface area contributed by atoms with E-state index in [2.05, 4.69) is 16.0 Å². The molecule has 1 aromatic carbocycles. The van der Waals surface area contributed by atoms with Gasteiger partial charge in [0.2, 0.25) is 5.91 Å². The number of nitrogens with zero attached hydrogens (tertiary/aromatic N) is 3. The number of hydrogen-bond acceptors (Lipinski definition) is 4. The van der Waals surface area contributed by atoms with E-state index in [9.17, 15) is 10.1 Å². The maximum absolute atomic E-state index is 11.2. The largest absolute Gasteiger partial charge is 0.369 e. The summed E-state index contributed by atoms with van der Waals surface area (Å²) in [6, 6.07) is 9.32. The average molecular weight is 315 g/mol. The van der Waals surface area contributed by atoms with Crippen molar-refractivity contribution < 1.29 is 4.79 Å². The van der Waals surface area contributed by atoms with E-state index >= 15 is 0 Å². The van der Waals surface area contributed by atoms with Crippen LogP contribution in [0.3, 0.4) is 0 Å². The lowest BCUT2D eigenvalue weighted by Gasteiger charge is -2.31. The van der Waals surface area contributed by atoms with Gasteiger partial charge in [-0.3, -0.25) is 4.79 Å². The molecule has 2 N–H and O–H groups in total. The van der Waals surface area contributed by atoms with Gasteiger partial charge in [0.05, 0.1) is 17.1 Å². The van der Waals surface area contributed by atoms with Crippen LogP contribution in [0, 0.1) is 17.2 Å². The molecule has 5 nitrogen and oxygen atoms in total. The second kappa shape index (κ2) is 5.82. The quantitative estimate of drug-likeness (QED) is 0.923. The highest BCUT2D eigenvalue weighted by molar-refractivity contribution is 6.31. The molecule has 6 heteroatoms. The molecule has 2 heterocycles. The van der Waals surface area contributed by atoms with E-state index in [0.717, 1.165) is 29.6 Å². The number of benzene rings is 1. The Morgan fingerprint density at radius 2 is 2.09 bits per heavy atom. The lowest BCUT2D eigenvalue weighted by atomic mass is 9.96. The van der Waals surface area contributed by atoms with Crippen LogP contribution in [0.25, 0.3) is 10.9 Å². The van der Waals surface area contributed by atoms with Gasteiger partial charge in [-0.2, -0.15) is 5.26 Å². The van der Waals surface area contributed by atoms with Gasteiger partial charge in [0.1, 0.15) is 5.82 Å². The van der Waals surface area contributed by atoms with Gasteiger partial charge in [0.25, 0.3) is 0 Å². The Hall–Kier alpha value is -2.32. The molecule has 0 bridgehead atoms. The highest BCUT2D eigenvalue weighted by Crippen LogP contribution is 2.27. The fraction of sp³-hybridized carbons (Fsp3) is 0.312. The molecular weight excluding hydrogens is 300 g/mol. The number of amides is 1. The molecule has 3 rings (SSSR count). The lowest BCUT2D eigenvalue weighted by Crippen LogP contribution is -2.38. The topological polar surface area (TPSA) is 83.0 Å². The summed E-state index contributed by atoms with van der Waals surface area (Å²) in [6.07, 6.45) is 1.44. The van der Waals surface area contributed by atoms with E-state index in [1.54, 1.807) is 18.2 Å². The van der Waals surface area contributed by atoms with Crippen LogP contribution in [0.1, 0.15) is 18.4 Å². The summed E-state index contributed by atoms with van der Waals surface area (Å²) in [7, 11) is 0. The molecule has 2 aromatic rings. The van der Waals surface area contributed by atoms with Crippen LogP contribution in [-0.4, -0.2) is 24.0 Å². The summed E-state index contributed by atoms with van der Waals surface area (Å²) < 4.78 is 0. The number of rotatable bonds is 2. The van der Waals surface area contributed by atoms with Crippen LogP contribution in [0.5, 0.6) is 0 Å². The summed E-state index contributed by atoms with van der Waals surface area (Å²) in [4.78, 5) is 17.9. The minimum Gasteiger partial charge on any atom is -0.369 e. The highest BCUT2D eigenvalue weighted by atomic mass is 35.5. The predicted octanol–water partition coefficient (Wildman–Crippen LogP) is 2.46. The van der Waals surface area contributed by atoms with Gasteiger partial charge >= 0.3 is 0 Å². The summed E-state index contributed by atoms with van der Waals surface area (Å²) in [6.45, 7) is 1.43. The van der Waals surface area contributed by atoms with Crippen molar-refractivity contribution in [2.45, 2.75) is 12.8 Å². The van der Waals surface area contributed by atoms with E-state index < -0.39 is 0 Å². The molecule has 22 heavy (non-hydrogen) atoms. The van der Waals surface area contributed by atoms with E-state index in [1.807, 2.05) is 6.07 Å². The molecule has 1 amide bonds. The fourth-order valence-electron chi connectivity index (χ4n) is 2.83. The molecule has 0 saturated carbocycles. The smallest absolute Gasteiger partial charge is 0.220 e. The molecule has 0 atom stereocenters. The van der Waals surface area contributed by atoms with Crippen molar-refractivity contribution in [1.29, 1.82) is 5.26 Å². The number of pyridine rings is 1. The van der Waals surface area contributed by atoms with E-state index in [4.69, 9.17) is 17.3 Å². The van der Waals surface area contributed by atoms with E-state index in [-0.39, 0.29) is 11.8 Å². The van der Waals surface area contributed by atoms with Crippen LogP contribution in [-0.2, 0) is 4.79 Å². The SMILES string of the molecule is N#Cc1cc(N2CCC(C(N)=O)CC2)nc2ccc(Cl)cc12. The Kier molecular flexibility index (Phi) is 3.86. The molecule has 0 aliphatic carbocycles. The molecule has 1 saturated heterocycles. The number of nitriles is 1. The third kappa shape index (κ3) is 2.70. The van der Waals surface area contributed by atoms with Crippen LogP contribution in [0.15, 0.2) is 24.3 Å². The van der Waals surface area contributed by atoms with Crippen molar-refractivity contribution in [2.24, 2.45) is 11.7 Å². The van der Waals surface area contributed by atoms with E-state index in [0.29, 0.717) is 23.7 Å². The summed E-state index contributed by atoms with van der Waals surface area (Å²) in [5.41, 5.74) is 6.66. The average Bonchev–Trinajstić information content (AvgIpc) is 2.54. The first-order valence-corrected chi connectivity index (χ1v) is 7.51. The van der Waals surface area contributed by atoms with Crippen molar-refractivity contribution in [3.05, 3.63) is 34.9 Å². The third-order valence-electron chi connectivity index (χ3n) is 4.10. The van der Waals surface area contributed by atoms with E-state index in [1.165, 1.54) is 0 Å². The highest BCUT2D eigenvalue weighted by Gasteiger charge is 2.24. The first-order valence-electron chi connectivity index (χ1n) is 7.13. The summed E-state index contributed by atoms with van der Waals surface area (Å²) in [5.74, 6) is 0.457. The fourth-order valence-corrected chi connectivity index (χ4v) is 3.00. The normalized spacial score (nSPS) is 15.7. The van der Waals surface area contributed by atoms with Gasteiger partial charge in [0, 0.05) is 29.4 Å². The minimum atomic E-state index is -0.238. The number of piperidine rings is 1. The Morgan fingerprint density at radius 3 is 2.73 bits per heavy atom. The first-order chi connectivity index (χ1) is 10.6. The maximum atomic E-state index is 11.2. The van der Waals surface area contributed by atoms with Gasteiger partial charge in [-0.15, -0.1) is 0 Å². The van der Waals surface area contributed by atoms with Crippen molar-refractivity contribution in [3.8, 4) is 6.07 Å². The van der Waals surface area contributed by atoms with Crippen LogP contribution in [0.4, 0.5) is 5.82 Å². The van der Waals surface area contributed by atoms with Crippen molar-refractivity contribution >= 4 is 34.2 Å². The van der Waals surface area contributed by atoms with Crippen LogP contribution < -0.4 is 10.6 Å². The number of halogens is 1. The Morgan fingerprint density at radius 1 is 1.36 bits per heavy atom. The van der Waals surface area contributed by atoms with Gasteiger partial charge < -0.3 is 10.6 Å². The zero-order chi connectivity index (χ0) is 15.7. The predicted molar refractivity (Wildman–Crippen MR) is 85.6 cm³/mol. The van der Waals surface area contributed by atoms with Crippen LogP contribution in [0.2, 0.25) is 5.02 Å². The summed E-state index contributed by atoms with van der Waals surface area (Å²) >= 11 is 5.99. The zero-order valence-corrected chi connectivity index (χ0v) is 12.7. The Bertz CT molecular complexity index is 776. The number of carbonyl (C=O) groups excluding carboxylic acids is 1. The standard InChI is InChI=1S/C16H15ClN4O/c17-12-1-2-14-13(8-12)11(9-18)7-15(20-14)21-5-3-10(4-6-21)16(19)22/h1-2,7-8,10H,3-6H2,(H2,19,22). The first kappa shape index (κ1) is 14.6. The monoisotopic (exact) mass is 314 g/mol. The number of carbonyl (C=O) groups is 1. The zero-order valence-electron chi connectivity index (χ0n) is 11.9. The number of fused-ring (bicyclic) bond motifs is 1. The number of aromatic nitrogens is 1. The Labute approximate surface area is 133 Å². The summed E-state index contributed by atoms with van der Waals surface area (Å²) in [5, 5.41) is 10.7. The van der Waals surface area contributed by atoms with Crippen LogP contribution >= 0.6 is 11.6 Å². The molecule has 0 unspecified atom stereocenters. The second-order valence-electron chi connectivity index (χ2n) is 5.46. The molecule has 0 radical (unpaired) electrons.